The van der Waals surface area contributed by atoms with Crippen molar-refractivity contribution in [2.24, 2.45) is 5.92 Å². The van der Waals surface area contributed by atoms with Gasteiger partial charge in [0.1, 0.15) is 5.69 Å². The van der Waals surface area contributed by atoms with Crippen molar-refractivity contribution >= 4 is 17.3 Å². The quantitative estimate of drug-likeness (QED) is 0.505. The Morgan fingerprint density at radius 1 is 1.09 bits per heavy atom. The molecule has 2 aromatic rings. The summed E-state index contributed by atoms with van der Waals surface area (Å²) >= 11 is 0. The van der Waals surface area contributed by atoms with Gasteiger partial charge in [0, 0.05) is 37.8 Å². The molecule has 1 atom stereocenters. The fourth-order valence-corrected chi connectivity index (χ4v) is 4.63. The van der Waals surface area contributed by atoms with Crippen LogP contribution in [0.5, 0.6) is 0 Å². The molecule has 2 aliphatic rings. The highest BCUT2D eigenvalue weighted by molar-refractivity contribution is 5.80. The molecule has 1 unspecified atom stereocenters. The van der Waals surface area contributed by atoms with Gasteiger partial charge in [-0.3, -0.25) is 19.9 Å². The first-order chi connectivity index (χ1) is 15.3. The molecule has 0 N–H and O–H groups in total. The predicted molar refractivity (Wildman–Crippen MR) is 111 cm³/mol. The standard InChI is InChI=1S/C22H23F3N4O3/c23-22(24,25)16-6-7-19(20(14-16)29(31)32)27-12-8-15(9-13-27)21(30)28-11-3-5-18(28)17-4-1-2-10-26-17/h1-2,4,6-7,10,14-15,18H,3,5,8-9,11-13H2. The van der Waals surface area contributed by atoms with E-state index in [9.17, 15) is 28.1 Å². The van der Waals surface area contributed by atoms with Crippen LogP contribution in [0.4, 0.5) is 24.5 Å². The highest BCUT2D eigenvalue weighted by Crippen LogP contribution is 2.39. The molecule has 0 spiro atoms. The molecule has 0 radical (unpaired) electrons. The summed E-state index contributed by atoms with van der Waals surface area (Å²) < 4.78 is 38.9. The summed E-state index contributed by atoms with van der Waals surface area (Å²) in [6.45, 7) is 1.40. The average molecular weight is 448 g/mol. The molecule has 1 amide bonds. The maximum absolute atomic E-state index is 13.2. The van der Waals surface area contributed by atoms with Gasteiger partial charge in [-0.05, 0) is 49.9 Å². The van der Waals surface area contributed by atoms with Gasteiger partial charge in [-0.25, -0.2) is 0 Å². The number of hydrogen-bond acceptors (Lipinski definition) is 5. The van der Waals surface area contributed by atoms with Gasteiger partial charge >= 0.3 is 6.18 Å². The monoisotopic (exact) mass is 448 g/mol. The van der Waals surface area contributed by atoms with Gasteiger partial charge in [-0.15, -0.1) is 0 Å². The lowest BCUT2D eigenvalue weighted by atomic mass is 9.94. The topological polar surface area (TPSA) is 79.6 Å². The lowest BCUT2D eigenvalue weighted by molar-refractivity contribution is -0.384. The third kappa shape index (κ3) is 4.39. The Morgan fingerprint density at radius 2 is 1.84 bits per heavy atom. The fraction of sp³-hybridized carbons (Fsp3) is 0.455. The first kappa shape index (κ1) is 22.0. The number of carbonyl (C=O) groups excluding carboxylic acids is 1. The SMILES string of the molecule is O=C(C1CCN(c2ccc(C(F)(F)F)cc2[N+](=O)[O-])CC1)N1CCCC1c1ccccn1. The van der Waals surface area contributed by atoms with E-state index in [1.807, 2.05) is 23.1 Å². The number of benzene rings is 1. The Hall–Kier alpha value is -3.17. The number of nitro benzene ring substituents is 1. The van der Waals surface area contributed by atoms with E-state index in [0.29, 0.717) is 38.5 Å². The maximum Gasteiger partial charge on any atom is 0.416 e. The second-order valence-corrected chi connectivity index (χ2v) is 8.16. The average Bonchev–Trinajstić information content (AvgIpc) is 3.28. The number of hydrogen-bond donors (Lipinski definition) is 0. The van der Waals surface area contributed by atoms with E-state index in [-0.39, 0.29) is 23.6 Å². The summed E-state index contributed by atoms with van der Waals surface area (Å²) in [4.78, 5) is 31.8. The van der Waals surface area contributed by atoms with Crippen LogP contribution in [0.3, 0.4) is 0 Å². The van der Waals surface area contributed by atoms with E-state index in [1.54, 1.807) is 11.1 Å². The van der Waals surface area contributed by atoms with E-state index in [0.717, 1.165) is 30.7 Å². The summed E-state index contributed by atoms with van der Waals surface area (Å²) in [7, 11) is 0. The van der Waals surface area contributed by atoms with Crippen LogP contribution in [0.15, 0.2) is 42.6 Å². The van der Waals surface area contributed by atoms with Crippen molar-refractivity contribution in [3.63, 3.8) is 0 Å². The largest absolute Gasteiger partial charge is 0.416 e. The van der Waals surface area contributed by atoms with Crippen LogP contribution >= 0.6 is 0 Å². The molecule has 7 nitrogen and oxygen atoms in total. The summed E-state index contributed by atoms with van der Waals surface area (Å²) in [5, 5.41) is 11.4. The smallest absolute Gasteiger partial charge is 0.366 e. The minimum Gasteiger partial charge on any atom is -0.366 e. The molecule has 10 heteroatoms. The number of piperidine rings is 1. The van der Waals surface area contributed by atoms with Gasteiger partial charge in [0.15, 0.2) is 0 Å². The van der Waals surface area contributed by atoms with Gasteiger partial charge in [0.2, 0.25) is 5.91 Å². The van der Waals surface area contributed by atoms with Crippen LogP contribution in [0, 0.1) is 16.0 Å². The van der Waals surface area contributed by atoms with Crippen LogP contribution in [0.25, 0.3) is 0 Å². The van der Waals surface area contributed by atoms with Crippen molar-refractivity contribution in [1.29, 1.82) is 0 Å². The molecular formula is C22H23F3N4O3. The maximum atomic E-state index is 13.2. The first-order valence-electron chi connectivity index (χ1n) is 10.6. The minimum atomic E-state index is -4.65. The van der Waals surface area contributed by atoms with Gasteiger partial charge in [-0.1, -0.05) is 6.07 Å². The number of anilines is 1. The number of halogens is 3. The van der Waals surface area contributed by atoms with Crippen molar-refractivity contribution < 1.29 is 22.9 Å². The lowest BCUT2D eigenvalue weighted by Gasteiger charge is -2.35. The molecule has 0 saturated carbocycles. The predicted octanol–water partition coefficient (Wildman–Crippen LogP) is 4.59. The van der Waals surface area contributed by atoms with Crippen LogP contribution in [-0.2, 0) is 11.0 Å². The number of aromatic nitrogens is 1. The van der Waals surface area contributed by atoms with Crippen molar-refractivity contribution in [2.45, 2.75) is 37.9 Å². The Kier molecular flexibility index (Phi) is 6.03. The van der Waals surface area contributed by atoms with Gasteiger partial charge in [-0.2, -0.15) is 13.2 Å². The summed E-state index contributed by atoms with van der Waals surface area (Å²) in [6.07, 6.45) is -0.192. The highest BCUT2D eigenvalue weighted by Gasteiger charge is 2.38. The number of nitrogens with zero attached hydrogens (tertiary/aromatic N) is 4. The Labute approximate surface area is 183 Å². The minimum absolute atomic E-state index is 0.0438. The molecule has 2 aliphatic heterocycles. The van der Waals surface area contributed by atoms with Crippen LogP contribution in [0.2, 0.25) is 0 Å². The molecular weight excluding hydrogens is 425 g/mol. The van der Waals surface area contributed by atoms with E-state index < -0.39 is 22.4 Å². The molecule has 32 heavy (non-hydrogen) atoms. The third-order valence-electron chi connectivity index (χ3n) is 6.25. The highest BCUT2D eigenvalue weighted by atomic mass is 19.4. The van der Waals surface area contributed by atoms with E-state index >= 15 is 0 Å². The molecule has 1 aromatic carbocycles. The van der Waals surface area contributed by atoms with Crippen molar-refractivity contribution in [3.8, 4) is 0 Å². The Morgan fingerprint density at radius 3 is 2.47 bits per heavy atom. The molecule has 2 saturated heterocycles. The summed E-state index contributed by atoms with van der Waals surface area (Å²) in [5.74, 6) is -0.163. The number of nitro groups is 1. The second-order valence-electron chi connectivity index (χ2n) is 8.16. The van der Waals surface area contributed by atoms with Gasteiger partial charge in [0.25, 0.3) is 5.69 Å². The summed E-state index contributed by atoms with van der Waals surface area (Å²) in [5.41, 5.74) is -0.593. The Balaban J connectivity index is 1.45. The normalized spacial score (nSPS) is 19.9. The van der Waals surface area contributed by atoms with E-state index in [4.69, 9.17) is 0 Å². The van der Waals surface area contributed by atoms with Gasteiger partial charge < -0.3 is 9.80 Å². The van der Waals surface area contributed by atoms with Crippen LogP contribution in [-0.4, -0.2) is 40.3 Å². The van der Waals surface area contributed by atoms with Crippen molar-refractivity contribution in [3.05, 3.63) is 64.0 Å². The van der Waals surface area contributed by atoms with Gasteiger partial charge in [0.05, 0.1) is 22.2 Å². The molecule has 0 aliphatic carbocycles. The van der Waals surface area contributed by atoms with Crippen LogP contribution in [0.1, 0.15) is 43.0 Å². The summed E-state index contributed by atoms with van der Waals surface area (Å²) in [6, 6.07) is 8.20. The zero-order chi connectivity index (χ0) is 22.9. The Bertz CT molecular complexity index is 992. The molecule has 170 valence electrons. The van der Waals surface area contributed by atoms with Crippen LogP contribution < -0.4 is 4.90 Å². The molecule has 0 bridgehead atoms. The molecule has 2 fully saturated rings. The van der Waals surface area contributed by atoms with E-state index in [2.05, 4.69) is 4.98 Å². The fourth-order valence-electron chi connectivity index (χ4n) is 4.63. The second kappa shape index (κ2) is 8.76. The number of rotatable bonds is 4. The number of likely N-dealkylation sites (tertiary alicyclic amines) is 1. The lowest BCUT2D eigenvalue weighted by Crippen LogP contribution is -2.42. The van der Waals surface area contributed by atoms with E-state index in [1.165, 1.54) is 0 Å². The number of pyridine rings is 1. The number of amides is 1. The zero-order valence-electron chi connectivity index (χ0n) is 17.3. The first-order valence-corrected chi connectivity index (χ1v) is 10.6. The third-order valence-corrected chi connectivity index (χ3v) is 6.25. The molecule has 3 heterocycles. The number of carbonyl (C=O) groups is 1. The van der Waals surface area contributed by atoms with Crippen molar-refractivity contribution in [2.75, 3.05) is 24.5 Å². The molecule has 4 rings (SSSR count). The number of alkyl halides is 3. The zero-order valence-corrected chi connectivity index (χ0v) is 17.3. The van der Waals surface area contributed by atoms with Crippen molar-refractivity contribution in [1.82, 2.24) is 9.88 Å². The molecule has 1 aromatic heterocycles.